The molecule has 0 saturated heterocycles. The number of hydrogen-bond acceptors (Lipinski definition) is 5. The highest BCUT2D eigenvalue weighted by molar-refractivity contribution is 8.14. The maximum Gasteiger partial charge on any atom is 0.335 e. The standard InChI is InChI=1S/C16H16N2O3S/c1-4-8-22-16-17-10(2)13(15(19)20)14(18-16)11-6-5-7-12(9-11)21-3/h1,5-7,9,14H,8H2,2-3H3,(H,17,18)(H,19,20). The van der Waals surface area contributed by atoms with Crippen LogP contribution in [-0.2, 0) is 4.79 Å². The normalized spacial score (nSPS) is 17.3. The SMILES string of the molecule is C#CCSC1=NC(c2cccc(OC)c2)C(C(=O)O)=C(C)N1. The summed E-state index contributed by atoms with van der Waals surface area (Å²) in [6, 6.07) is 6.66. The molecule has 2 N–H and O–H groups in total. The van der Waals surface area contributed by atoms with Crippen LogP contribution in [-0.4, -0.2) is 29.1 Å². The van der Waals surface area contributed by atoms with Crippen molar-refractivity contribution in [3.8, 4) is 18.1 Å². The minimum Gasteiger partial charge on any atom is -0.497 e. The monoisotopic (exact) mass is 316 g/mol. The van der Waals surface area contributed by atoms with E-state index in [1.165, 1.54) is 11.8 Å². The summed E-state index contributed by atoms with van der Waals surface area (Å²) in [5, 5.41) is 13.1. The number of ether oxygens (including phenoxy) is 1. The molecular weight excluding hydrogens is 300 g/mol. The lowest BCUT2D eigenvalue weighted by Gasteiger charge is -2.24. The first kappa shape index (κ1) is 16.0. The summed E-state index contributed by atoms with van der Waals surface area (Å²) < 4.78 is 5.20. The highest BCUT2D eigenvalue weighted by Crippen LogP contribution is 2.33. The Bertz CT molecular complexity index is 689. The lowest BCUT2D eigenvalue weighted by atomic mass is 9.96. The summed E-state index contributed by atoms with van der Waals surface area (Å²) in [4.78, 5) is 16.1. The molecule has 0 fully saturated rings. The Morgan fingerprint density at radius 3 is 3.00 bits per heavy atom. The predicted octanol–water partition coefficient (Wildman–Crippen LogP) is 2.42. The number of carboxylic acid groups (broad SMARTS) is 1. The first-order valence-corrected chi connectivity index (χ1v) is 7.54. The van der Waals surface area contributed by atoms with Gasteiger partial charge >= 0.3 is 5.97 Å². The fourth-order valence-electron chi connectivity index (χ4n) is 2.16. The number of nitrogens with zero attached hydrogens (tertiary/aromatic N) is 1. The largest absolute Gasteiger partial charge is 0.497 e. The van der Waals surface area contributed by atoms with Crippen molar-refractivity contribution in [2.24, 2.45) is 4.99 Å². The molecule has 0 radical (unpaired) electrons. The van der Waals surface area contributed by atoms with Gasteiger partial charge in [-0.25, -0.2) is 9.79 Å². The molecule has 0 aliphatic carbocycles. The van der Waals surface area contributed by atoms with Gasteiger partial charge in [0.15, 0.2) is 5.17 Å². The van der Waals surface area contributed by atoms with Gasteiger partial charge in [0.05, 0.1) is 18.4 Å². The van der Waals surface area contributed by atoms with Crippen molar-refractivity contribution in [3.63, 3.8) is 0 Å². The number of nitrogens with one attached hydrogen (secondary N) is 1. The van der Waals surface area contributed by atoms with Crippen molar-refractivity contribution in [2.45, 2.75) is 13.0 Å². The van der Waals surface area contributed by atoms with Gasteiger partial charge in [-0.05, 0) is 24.6 Å². The maximum absolute atomic E-state index is 11.6. The van der Waals surface area contributed by atoms with Crippen LogP contribution in [0.4, 0.5) is 0 Å². The van der Waals surface area contributed by atoms with Crippen molar-refractivity contribution < 1.29 is 14.6 Å². The van der Waals surface area contributed by atoms with Gasteiger partial charge in [0.25, 0.3) is 0 Å². The van der Waals surface area contributed by atoms with Crippen LogP contribution >= 0.6 is 11.8 Å². The predicted molar refractivity (Wildman–Crippen MR) is 87.9 cm³/mol. The zero-order valence-corrected chi connectivity index (χ0v) is 13.1. The lowest BCUT2D eigenvalue weighted by Crippen LogP contribution is -2.29. The van der Waals surface area contributed by atoms with Gasteiger partial charge < -0.3 is 15.2 Å². The second-order valence-electron chi connectivity index (χ2n) is 4.58. The van der Waals surface area contributed by atoms with E-state index in [1.807, 2.05) is 12.1 Å². The zero-order chi connectivity index (χ0) is 16.1. The van der Waals surface area contributed by atoms with Crippen molar-refractivity contribution >= 4 is 22.9 Å². The second-order valence-corrected chi connectivity index (χ2v) is 5.54. The average Bonchev–Trinajstić information content (AvgIpc) is 2.51. The molecule has 2 rings (SSSR count). The lowest BCUT2D eigenvalue weighted by molar-refractivity contribution is -0.133. The Kier molecular flexibility index (Phi) is 5.12. The molecule has 1 aliphatic heterocycles. The number of amidine groups is 1. The quantitative estimate of drug-likeness (QED) is 0.835. The van der Waals surface area contributed by atoms with Crippen LogP contribution < -0.4 is 10.1 Å². The van der Waals surface area contributed by atoms with E-state index < -0.39 is 12.0 Å². The molecule has 0 bridgehead atoms. The molecule has 1 aromatic carbocycles. The van der Waals surface area contributed by atoms with E-state index in [9.17, 15) is 9.90 Å². The molecule has 5 nitrogen and oxygen atoms in total. The molecule has 22 heavy (non-hydrogen) atoms. The summed E-state index contributed by atoms with van der Waals surface area (Å²) in [6.07, 6.45) is 5.26. The fraction of sp³-hybridized carbons (Fsp3) is 0.250. The number of carboxylic acids is 1. The molecule has 0 saturated carbocycles. The molecule has 0 amide bonds. The van der Waals surface area contributed by atoms with E-state index in [2.05, 4.69) is 16.2 Å². The molecule has 0 spiro atoms. The van der Waals surface area contributed by atoms with Gasteiger partial charge in [0, 0.05) is 5.70 Å². The summed E-state index contributed by atoms with van der Waals surface area (Å²) in [7, 11) is 1.57. The van der Waals surface area contributed by atoms with Gasteiger partial charge in [-0.1, -0.05) is 29.8 Å². The minimum atomic E-state index is -0.998. The minimum absolute atomic E-state index is 0.221. The first-order chi connectivity index (χ1) is 10.6. The zero-order valence-electron chi connectivity index (χ0n) is 12.3. The number of rotatable bonds is 4. The van der Waals surface area contributed by atoms with E-state index in [4.69, 9.17) is 11.2 Å². The average molecular weight is 316 g/mol. The Balaban J connectivity index is 2.44. The van der Waals surface area contributed by atoms with Crippen molar-refractivity contribution in [1.29, 1.82) is 0 Å². The van der Waals surface area contributed by atoms with Crippen LogP contribution in [0.3, 0.4) is 0 Å². The third kappa shape index (κ3) is 3.43. The van der Waals surface area contributed by atoms with E-state index in [1.54, 1.807) is 26.2 Å². The van der Waals surface area contributed by atoms with Crippen LogP contribution in [0.25, 0.3) is 0 Å². The highest BCUT2D eigenvalue weighted by atomic mass is 32.2. The topological polar surface area (TPSA) is 70.9 Å². The third-order valence-electron chi connectivity index (χ3n) is 3.15. The highest BCUT2D eigenvalue weighted by Gasteiger charge is 2.29. The van der Waals surface area contributed by atoms with E-state index in [0.29, 0.717) is 22.4 Å². The van der Waals surface area contributed by atoms with E-state index in [-0.39, 0.29) is 5.57 Å². The summed E-state index contributed by atoms with van der Waals surface area (Å²) >= 11 is 1.37. The Labute approximate surface area is 133 Å². The molecule has 1 unspecified atom stereocenters. The van der Waals surface area contributed by atoms with E-state index >= 15 is 0 Å². The van der Waals surface area contributed by atoms with Crippen molar-refractivity contribution in [3.05, 3.63) is 41.1 Å². The number of hydrogen-bond donors (Lipinski definition) is 2. The molecule has 6 heteroatoms. The first-order valence-electron chi connectivity index (χ1n) is 6.56. The summed E-state index contributed by atoms with van der Waals surface area (Å²) in [6.45, 7) is 1.72. The molecule has 0 aromatic heterocycles. The van der Waals surface area contributed by atoms with Gasteiger partial charge in [0.2, 0.25) is 0 Å². The van der Waals surface area contributed by atoms with Gasteiger partial charge in [0.1, 0.15) is 11.8 Å². The van der Waals surface area contributed by atoms with Gasteiger partial charge in [-0.15, -0.1) is 6.42 Å². The van der Waals surface area contributed by atoms with Crippen LogP contribution in [0.1, 0.15) is 18.5 Å². The Morgan fingerprint density at radius 2 is 2.36 bits per heavy atom. The summed E-state index contributed by atoms with van der Waals surface area (Å²) in [5.74, 6) is 2.65. The number of methoxy groups -OCH3 is 1. The number of aliphatic carboxylic acids is 1. The Morgan fingerprint density at radius 1 is 1.59 bits per heavy atom. The van der Waals surface area contributed by atoms with Crippen LogP contribution in [0, 0.1) is 12.3 Å². The fourth-order valence-corrected chi connectivity index (χ4v) is 2.79. The molecule has 1 aliphatic rings. The number of benzene rings is 1. The number of terminal acetylenes is 1. The number of aliphatic imine (C=N–C) groups is 1. The number of carbonyl (C=O) groups is 1. The van der Waals surface area contributed by atoms with Crippen LogP contribution in [0.15, 0.2) is 40.5 Å². The maximum atomic E-state index is 11.6. The van der Waals surface area contributed by atoms with E-state index in [0.717, 1.165) is 5.56 Å². The molecule has 1 atom stereocenters. The molecule has 1 aromatic rings. The van der Waals surface area contributed by atoms with Gasteiger partial charge in [-0.2, -0.15) is 0 Å². The summed E-state index contributed by atoms with van der Waals surface area (Å²) in [5.41, 5.74) is 1.55. The van der Waals surface area contributed by atoms with Crippen LogP contribution in [0.5, 0.6) is 5.75 Å². The molecular formula is C16H16N2O3S. The van der Waals surface area contributed by atoms with Gasteiger partial charge in [-0.3, -0.25) is 0 Å². The number of allylic oxidation sites excluding steroid dienone is 1. The number of thioether (sulfide) groups is 1. The smallest absolute Gasteiger partial charge is 0.335 e. The second kappa shape index (κ2) is 7.05. The third-order valence-corrected chi connectivity index (χ3v) is 3.94. The Hall–Kier alpha value is -2.39. The molecule has 1 heterocycles. The molecule has 114 valence electrons. The van der Waals surface area contributed by atoms with Crippen molar-refractivity contribution in [2.75, 3.05) is 12.9 Å². The van der Waals surface area contributed by atoms with Crippen molar-refractivity contribution in [1.82, 2.24) is 5.32 Å². The van der Waals surface area contributed by atoms with Crippen LogP contribution in [0.2, 0.25) is 0 Å².